The van der Waals surface area contributed by atoms with Crippen LogP contribution in [0.4, 0.5) is 10.6 Å². The van der Waals surface area contributed by atoms with Crippen LogP contribution in [0.15, 0.2) is 18.2 Å². The van der Waals surface area contributed by atoms with Gasteiger partial charge in [-0.25, -0.2) is 9.78 Å². The van der Waals surface area contributed by atoms with Gasteiger partial charge < -0.3 is 15.1 Å². The van der Waals surface area contributed by atoms with Crippen molar-refractivity contribution in [3.8, 4) is 0 Å². The standard InChI is InChI=1S/C18H28N4OS/c1-13-5-4-6-17(19-13)21-9-7-16(8-10-21)20-18(23)22-11-14(2)24-15(3)12-22/h4-6,14-16H,7-12H2,1-3H3,(H,20,23)/t14-,15-/m1/s1. The van der Waals surface area contributed by atoms with Gasteiger partial charge in [-0.15, -0.1) is 0 Å². The largest absolute Gasteiger partial charge is 0.356 e. The number of aromatic nitrogens is 1. The van der Waals surface area contributed by atoms with Crippen molar-refractivity contribution in [3.63, 3.8) is 0 Å². The molecule has 0 spiro atoms. The molecule has 0 unspecified atom stereocenters. The van der Waals surface area contributed by atoms with Crippen molar-refractivity contribution in [2.75, 3.05) is 31.1 Å². The summed E-state index contributed by atoms with van der Waals surface area (Å²) in [5, 5.41) is 4.29. The lowest BCUT2D eigenvalue weighted by atomic mass is 10.1. The summed E-state index contributed by atoms with van der Waals surface area (Å²) < 4.78 is 0. The first kappa shape index (κ1) is 17.4. The van der Waals surface area contributed by atoms with Crippen LogP contribution < -0.4 is 10.2 Å². The number of carbonyl (C=O) groups excluding carboxylic acids is 1. The topological polar surface area (TPSA) is 48.5 Å². The molecular weight excluding hydrogens is 320 g/mol. The van der Waals surface area contributed by atoms with Crippen molar-refractivity contribution in [2.24, 2.45) is 0 Å². The quantitative estimate of drug-likeness (QED) is 0.893. The van der Waals surface area contributed by atoms with Crippen molar-refractivity contribution >= 4 is 23.6 Å². The fourth-order valence-corrected chi connectivity index (χ4v) is 4.89. The fourth-order valence-electron chi connectivity index (χ4n) is 3.57. The summed E-state index contributed by atoms with van der Waals surface area (Å²) in [7, 11) is 0. The molecule has 1 aromatic rings. The molecule has 2 fully saturated rings. The summed E-state index contributed by atoms with van der Waals surface area (Å²) in [6.07, 6.45) is 1.96. The molecule has 1 N–H and O–H groups in total. The molecule has 0 saturated carbocycles. The molecule has 2 aliphatic rings. The van der Waals surface area contributed by atoms with Crippen LogP contribution in [0.3, 0.4) is 0 Å². The molecule has 0 bridgehead atoms. The molecule has 3 heterocycles. The number of urea groups is 1. The number of anilines is 1. The molecule has 2 saturated heterocycles. The molecule has 2 amide bonds. The number of amides is 2. The first-order chi connectivity index (χ1) is 11.5. The van der Waals surface area contributed by atoms with Crippen LogP contribution in [0, 0.1) is 6.92 Å². The van der Waals surface area contributed by atoms with E-state index in [9.17, 15) is 4.79 Å². The van der Waals surface area contributed by atoms with Gasteiger partial charge in [0.25, 0.3) is 0 Å². The highest BCUT2D eigenvalue weighted by atomic mass is 32.2. The first-order valence-corrected chi connectivity index (χ1v) is 9.85. The number of nitrogens with zero attached hydrogens (tertiary/aromatic N) is 3. The van der Waals surface area contributed by atoms with Crippen molar-refractivity contribution in [1.82, 2.24) is 15.2 Å². The van der Waals surface area contributed by atoms with Crippen LogP contribution in [-0.4, -0.2) is 58.6 Å². The Morgan fingerprint density at radius 3 is 2.50 bits per heavy atom. The number of hydrogen-bond donors (Lipinski definition) is 1. The third kappa shape index (κ3) is 4.35. The number of pyridine rings is 1. The van der Waals surface area contributed by atoms with E-state index in [1.807, 2.05) is 29.7 Å². The number of piperidine rings is 1. The van der Waals surface area contributed by atoms with Gasteiger partial charge in [-0.1, -0.05) is 19.9 Å². The van der Waals surface area contributed by atoms with Crippen LogP contribution in [0.1, 0.15) is 32.4 Å². The SMILES string of the molecule is Cc1cccc(N2CCC(NC(=O)N3C[C@@H](C)S[C@H](C)C3)CC2)n1. The Hall–Kier alpha value is -1.43. The summed E-state index contributed by atoms with van der Waals surface area (Å²) in [5.74, 6) is 1.05. The van der Waals surface area contributed by atoms with Crippen LogP contribution in [0.5, 0.6) is 0 Å². The van der Waals surface area contributed by atoms with Crippen molar-refractivity contribution in [2.45, 2.75) is 50.2 Å². The van der Waals surface area contributed by atoms with E-state index in [2.05, 4.69) is 41.2 Å². The molecule has 24 heavy (non-hydrogen) atoms. The fraction of sp³-hybridized carbons (Fsp3) is 0.667. The summed E-state index contributed by atoms with van der Waals surface area (Å²) in [6.45, 7) is 10.0. The van der Waals surface area contributed by atoms with E-state index < -0.39 is 0 Å². The third-order valence-corrected chi connectivity index (χ3v) is 5.95. The third-order valence-electron chi connectivity index (χ3n) is 4.73. The Balaban J connectivity index is 1.49. The highest BCUT2D eigenvalue weighted by Gasteiger charge is 2.28. The van der Waals surface area contributed by atoms with E-state index in [1.165, 1.54) is 0 Å². The molecule has 2 aliphatic heterocycles. The van der Waals surface area contributed by atoms with Crippen LogP contribution in [-0.2, 0) is 0 Å². The van der Waals surface area contributed by atoms with Crippen molar-refractivity contribution in [3.05, 3.63) is 23.9 Å². The van der Waals surface area contributed by atoms with E-state index in [4.69, 9.17) is 0 Å². The van der Waals surface area contributed by atoms with E-state index in [1.54, 1.807) is 0 Å². The first-order valence-electron chi connectivity index (χ1n) is 8.91. The maximum absolute atomic E-state index is 12.5. The monoisotopic (exact) mass is 348 g/mol. The Morgan fingerprint density at radius 1 is 1.21 bits per heavy atom. The van der Waals surface area contributed by atoms with Gasteiger partial charge in [-0.2, -0.15) is 11.8 Å². The Morgan fingerprint density at radius 2 is 1.88 bits per heavy atom. The van der Waals surface area contributed by atoms with Crippen molar-refractivity contribution in [1.29, 1.82) is 0 Å². The van der Waals surface area contributed by atoms with Crippen molar-refractivity contribution < 1.29 is 4.79 Å². The molecule has 6 heteroatoms. The lowest BCUT2D eigenvalue weighted by molar-refractivity contribution is 0.190. The van der Waals surface area contributed by atoms with Gasteiger partial charge in [0.1, 0.15) is 5.82 Å². The number of aryl methyl sites for hydroxylation is 1. The zero-order valence-corrected chi connectivity index (χ0v) is 15.7. The van der Waals surface area contributed by atoms with Gasteiger partial charge in [0.05, 0.1) is 0 Å². The Labute approximate surface area is 149 Å². The van der Waals surface area contributed by atoms with Gasteiger partial charge in [0, 0.05) is 48.4 Å². The summed E-state index contributed by atoms with van der Waals surface area (Å²) >= 11 is 1.97. The molecular formula is C18H28N4OS. The lowest BCUT2D eigenvalue weighted by Gasteiger charge is -2.37. The van der Waals surface area contributed by atoms with Crippen LogP contribution in [0.25, 0.3) is 0 Å². The molecule has 0 radical (unpaired) electrons. The maximum Gasteiger partial charge on any atom is 0.317 e. The predicted molar refractivity (Wildman–Crippen MR) is 101 cm³/mol. The lowest BCUT2D eigenvalue weighted by Crippen LogP contribution is -2.53. The highest BCUT2D eigenvalue weighted by molar-refractivity contribution is 8.00. The van der Waals surface area contributed by atoms with E-state index in [-0.39, 0.29) is 12.1 Å². The molecule has 1 aromatic heterocycles. The van der Waals surface area contributed by atoms with E-state index in [0.717, 1.165) is 50.5 Å². The van der Waals surface area contributed by atoms with Gasteiger partial charge in [0.2, 0.25) is 0 Å². The number of rotatable bonds is 2. The Bertz CT molecular complexity index is 564. The van der Waals surface area contributed by atoms with E-state index >= 15 is 0 Å². The summed E-state index contributed by atoms with van der Waals surface area (Å²) in [5.41, 5.74) is 1.05. The van der Waals surface area contributed by atoms with Crippen LogP contribution >= 0.6 is 11.8 Å². The number of hydrogen-bond acceptors (Lipinski definition) is 4. The Kier molecular flexibility index (Phi) is 5.54. The highest BCUT2D eigenvalue weighted by Crippen LogP contribution is 2.25. The number of nitrogens with one attached hydrogen (secondary N) is 1. The van der Waals surface area contributed by atoms with Crippen LogP contribution in [0.2, 0.25) is 0 Å². The minimum absolute atomic E-state index is 0.112. The molecule has 2 atom stereocenters. The zero-order chi connectivity index (χ0) is 17.1. The average molecular weight is 349 g/mol. The second kappa shape index (κ2) is 7.64. The molecule has 132 valence electrons. The van der Waals surface area contributed by atoms with Gasteiger partial charge in [-0.05, 0) is 31.9 Å². The van der Waals surface area contributed by atoms with E-state index in [0.29, 0.717) is 10.5 Å². The molecule has 0 aliphatic carbocycles. The minimum atomic E-state index is 0.112. The zero-order valence-electron chi connectivity index (χ0n) is 14.9. The predicted octanol–water partition coefficient (Wildman–Crippen LogP) is 2.89. The summed E-state index contributed by atoms with van der Waals surface area (Å²) in [6, 6.07) is 6.54. The molecule has 0 aromatic carbocycles. The minimum Gasteiger partial charge on any atom is -0.356 e. The second-order valence-corrected chi connectivity index (χ2v) is 8.89. The number of thioether (sulfide) groups is 1. The van der Waals surface area contributed by atoms with Gasteiger partial charge >= 0.3 is 6.03 Å². The summed E-state index contributed by atoms with van der Waals surface area (Å²) in [4.78, 5) is 21.4. The number of carbonyl (C=O) groups is 1. The maximum atomic E-state index is 12.5. The second-order valence-electron chi connectivity index (χ2n) is 7.01. The molecule has 5 nitrogen and oxygen atoms in total. The molecule has 3 rings (SSSR count). The average Bonchev–Trinajstić information content (AvgIpc) is 2.54. The normalized spacial score (nSPS) is 25.6. The smallest absolute Gasteiger partial charge is 0.317 e. The van der Waals surface area contributed by atoms with Gasteiger partial charge in [0.15, 0.2) is 0 Å². The van der Waals surface area contributed by atoms with Gasteiger partial charge in [-0.3, -0.25) is 0 Å².